The van der Waals surface area contributed by atoms with Gasteiger partial charge in [-0.15, -0.1) is 0 Å². The predicted octanol–water partition coefficient (Wildman–Crippen LogP) is 4.27. The lowest BCUT2D eigenvalue weighted by molar-refractivity contribution is -0.123. The van der Waals surface area contributed by atoms with Crippen LogP contribution in [-0.4, -0.2) is 96.3 Å². The van der Waals surface area contributed by atoms with E-state index >= 15 is 0 Å². The first kappa shape index (κ1) is 39.0. The smallest absolute Gasteiger partial charge is 0.407 e. The largest absolute Gasteiger partial charge is 0.507 e. The number of carbonyl (C=O) groups is 2. The van der Waals surface area contributed by atoms with Crippen molar-refractivity contribution < 1.29 is 38.7 Å². The highest BCUT2D eigenvalue weighted by Crippen LogP contribution is 2.58. The molecule has 7 rings (SSSR count). The number of benzene rings is 3. The summed E-state index contributed by atoms with van der Waals surface area (Å²) < 4.78 is 23.0. The van der Waals surface area contributed by atoms with Crippen molar-refractivity contribution in [1.29, 1.82) is 5.26 Å². The number of aryl methyl sites for hydroxylation is 1. The molecule has 14 heteroatoms. The van der Waals surface area contributed by atoms with E-state index in [1.54, 1.807) is 13.8 Å². The SMILES string of the molecule is COc1c(C)cc2c(c1O)[C@@H]1C3Cc4c(O)c(C)c5c(c4[C@H](CNC(=O)[C@H](C)NC[C@@H](NC(=O)OCc4ccccc4)C(C)C)N3[C@@H](C#N)[C@H](C2)N1C)OCO5. The average molecular weight is 769 g/mol. The first-order chi connectivity index (χ1) is 26.9. The number of carbonyl (C=O) groups excluding carboxylic acids is 2. The van der Waals surface area contributed by atoms with Gasteiger partial charge in [-0.3, -0.25) is 14.6 Å². The van der Waals surface area contributed by atoms with Gasteiger partial charge in [-0.05, 0) is 63.3 Å². The van der Waals surface area contributed by atoms with Crippen molar-refractivity contribution in [2.45, 2.75) is 96.4 Å². The first-order valence-corrected chi connectivity index (χ1v) is 19.3. The molecule has 5 N–H and O–H groups in total. The molecule has 1 fully saturated rings. The van der Waals surface area contributed by atoms with Crippen molar-refractivity contribution in [2.24, 2.45) is 5.92 Å². The third-order valence-corrected chi connectivity index (χ3v) is 12.1. The fourth-order valence-electron chi connectivity index (χ4n) is 9.16. The third-order valence-electron chi connectivity index (χ3n) is 12.1. The minimum atomic E-state index is -0.646. The second-order valence-corrected chi connectivity index (χ2v) is 15.7. The number of nitrogens with zero attached hydrogens (tertiary/aromatic N) is 3. The predicted molar refractivity (Wildman–Crippen MR) is 207 cm³/mol. The van der Waals surface area contributed by atoms with Crippen LogP contribution in [0.25, 0.3) is 0 Å². The van der Waals surface area contributed by atoms with E-state index in [4.69, 9.17) is 18.9 Å². The molecule has 3 aromatic carbocycles. The van der Waals surface area contributed by atoms with E-state index in [9.17, 15) is 25.1 Å². The Morgan fingerprint density at radius 3 is 2.46 bits per heavy atom. The van der Waals surface area contributed by atoms with Crippen LogP contribution in [0.5, 0.6) is 28.7 Å². The molecule has 0 spiro atoms. The molecular formula is C42H52N6O8. The molecule has 4 aliphatic heterocycles. The van der Waals surface area contributed by atoms with Gasteiger partial charge in [0, 0.05) is 53.5 Å². The van der Waals surface area contributed by atoms with Gasteiger partial charge in [0.2, 0.25) is 12.7 Å². The van der Waals surface area contributed by atoms with Gasteiger partial charge in [0.1, 0.15) is 18.4 Å². The van der Waals surface area contributed by atoms with Gasteiger partial charge >= 0.3 is 6.09 Å². The number of alkyl carbamates (subject to hydrolysis) is 1. The van der Waals surface area contributed by atoms with Crippen LogP contribution < -0.4 is 30.2 Å². The number of nitrogens with one attached hydrogen (secondary N) is 3. The van der Waals surface area contributed by atoms with Crippen LogP contribution in [0.4, 0.5) is 4.79 Å². The number of phenolic OH excluding ortho intramolecular Hbond substituents is 2. The molecule has 14 nitrogen and oxygen atoms in total. The molecule has 7 atom stereocenters. The second kappa shape index (κ2) is 15.7. The van der Waals surface area contributed by atoms with E-state index in [2.05, 4.69) is 31.8 Å². The molecule has 0 radical (unpaired) electrons. The highest BCUT2D eigenvalue weighted by Gasteiger charge is 2.56. The summed E-state index contributed by atoms with van der Waals surface area (Å²) in [6, 6.07) is 11.0. The topological polar surface area (TPSA) is 178 Å². The van der Waals surface area contributed by atoms with Gasteiger partial charge in [0.05, 0.1) is 31.3 Å². The Morgan fingerprint density at radius 2 is 1.77 bits per heavy atom. The summed E-state index contributed by atoms with van der Waals surface area (Å²) >= 11 is 0. The average Bonchev–Trinajstić information content (AvgIpc) is 3.67. The fraction of sp³-hybridized carbons (Fsp3) is 0.500. The molecule has 2 amide bonds. The summed E-state index contributed by atoms with van der Waals surface area (Å²) in [4.78, 5) is 30.9. The Labute approximate surface area is 327 Å². The number of hydrogen-bond acceptors (Lipinski definition) is 12. The molecule has 2 bridgehead atoms. The molecular weight excluding hydrogens is 716 g/mol. The number of aromatic hydroxyl groups is 2. The van der Waals surface area contributed by atoms with E-state index in [0.29, 0.717) is 53.3 Å². The summed E-state index contributed by atoms with van der Waals surface area (Å²) in [5, 5.41) is 43.7. The molecule has 3 aromatic rings. The molecule has 1 saturated heterocycles. The molecule has 4 heterocycles. The number of methoxy groups -OCH3 is 1. The van der Waals surface area contributed by atoms with Crippen LogP contribution in [0, 0.1) is 31.1 Å². The molecule has 56 heavy (non-hydrogen) atoms. The van der Waals surface area contributed by atoms with Gasteiger partial charge in [-0.2, -0.15) is 5.26 Å². The number of phenols is 2. The van der Waals surface area contributed by atoms with Gasteiger partial charge in [0.25, 0.3) is 0 Å². The Hall–Kier alpha value is -5.23. The van der Waals surface area contributed by atoms with Crippen molar-refractivity contribution in [3.63, 3.8) is 0 Å². The Morgan fingerprint density at radius 1 is 1.04 bits per heavy atom. The van der Waals surface area contributed by atoms with Crippen LogP contribution in [0.3, 0.4) is 0 Å². The second-order valence-electron chi connectivity index (χ2n) is 15.7. The highest BCUT2D eigenvalue weighted by molar-refractivity contribution is 5.81. The number of piperazine rings is 1. The van der Waals surface area contributed by atoms with Crippen molar-refractivity contribution >= 4 is 12.0 Å². The first-order valence-electron chi connectivity index (χ1n) is 19.3. The quantitative estimate of drug-likeness (QED) is 0.188. The summed E-state index contributed by atoms with van der Waals surface area (Å²) in [7, 11) is 3.52. The lowest BCUT2D eigenvalue weighted by Gasteiger charge is -2.60. The van der Waals surface area contributed by atoms with Crippen molar-refractivity contribution in [3.8, 4) is 34.8 Å². The van der Waals surface area contributed by atoms with Crippen molar-refractivity contribution in [3.05, 3.63) is 75.3 Å². The van der Waals surface area contributed by atoms with Crippen LogP contribution in [-0.2, 0) is 29.0 Å². The number of amides is 2. The van der Waals surface area contributed by atoms with Crippen LogP contribution in [0.15, 0.2) is 36.4 Å². The molecule has 0 aliphatic carbocycles. The zero-order chi connectivity index (χ0) is 40.0. The lowest BCUT2D eigenvalue weighted by Crippen LogP contribution is -2.68. The number of nitriles is 1. The van der Waals surface area contributed by atoms with E-state index in [0.717, 1.165) is 22.3 Å². The zero-order valence-corrected chi connectivity index (χ0v) is 33.0. The van der Waals surface area contributed by atoms with Gasteiger partial charge in [-0.1, -0.05) is 50.2 Å². The standard InChI is InChI=1S/C42H52N6O8/c1-21(2)28(46-42(52)54-19-25-11-9-8-10-12-25)17-44-24(5)41(51)45-18-32-34-27(36(49)23(4)39-40(34)56-20-55-39)15-30-35-33-26(13-22(3)38(53-7)37(33)50)14-29(47(35)6)31(16-43)48(30)32/h8-13,21,24,28-32,35,44,49-50H,14-15,17-20H2,1-7H3,(H,45,51)(H,46,52)/t24-,28+,29-,30?,31-,32-,35-/m0/s1. The summed E-state index contributed by atoms with van der Waals surface area (Å²) in [5.41, 5.74) is 5.32. The Kier molecular flexibility index (Phi) is 11.0. The summed E-state index contributed by atoms with van der Waals surface area (Å²) in [5.74, 6) is 1.30. The molecule has 1 unspecified atom stereocenters. The Bertz CT molecular complexity index is 2040. The van der Waals surface area contributed by atoms with Crippen molar-refractivity contribution in [2.75, 3.05) is 34.0 Å². The van der Waals surface area contributed by atoms with E-state index in [1.165, 1.54) is 7.11 Å². The van der Waals surface area contributed by atoms with E-state index in [-0.39, 0.29) is 67.4 Å². The van der Waals surface area contributed by atoms with Gasteiger partial charge in [-0.25, -0.2) is 4.79 Å². The van der Waals surface area contributed by atoms with Crippen LogP contribution >= 0.6 is 0 Å². The van der Waals surface area contributed by atoms with E-state index in [1.807, 2.05) is 64.2 Å². The molecule has 298 valence electrons. The molecule has 0 saturated carbocycles. The third kappa shape index (κ3) is 6.82. The van der Waals surface area contributed by atoms with Crippen LogP contribution in [0.2, 0.25) is 0 Å². The maximum absolute atomic E-state index is 13.9. The Balaban J connectivity index is 1.15. The molecule has 0 aromatic heterocycles. The number of likely N-dealkylation sites (N-methyl/N-ethyl adjacent to an activating group) is 1. The minimum Gasteiger partial charge on any atom is -0.507 e. The fourth-order valence-corrected chi connectivity index (χ4v) is 9.16. The van der Waals surface area contributed by atoms with Crippen LogP contribution in [0.1, 0.15) is 71.8 Å². The maximum atomic E-state index is 13.9. The molecule has 4 aliphatic rings. The number of hydrogen-bond donors (Lipinski definition) is 5. The monoisotopic (exact) mass is 768 g/mol. The number of fused-ring (bicyclic) bond motifs is 9. The lowest BCUT2D eigenvalue weighted by atomic mass is 9.71. The summed E-state index contributed by atoms with van der Waals surface area (Å²) in [6.07, 6.45) is 0.340. The van der Waals surface area contributed by atoms with Gasteiger partial charge < -0.3 is 45.1 Å². The van der Waals surface area contributed by atoms with Crippen molar-refractivity contribution in [1.82, 2.24) is 25.8 Å². The van der Waals surface area contributed by atoms with Gasteiger partial charge in [0.15, 0.2) is 23.0 Å². The maximum Gasteiger partial charge on any atom is 0.407 e. The zero-order valence-electron chi connectivity index (χ0n) is 33.0. The normalized spacial score (nSPS) is 23.2. The number of ether oxygens (including phenoxy) is 4. The summed E-state index contributed by atoms with van der Waals surface area (Å²) in [6.45, 7) is 9.97. The highest BCUT2D eigenvalue weighted by atomic mass is 16.7. The minimum absolute atomic E-state index is 0.0174. The number of rotatable bonds is 11. The van der Waals surface area contributed by atoms with E-state index < -0.39 is 24.2 Å².